The Bertz CT molecular complexity index is 376. The first kappa shape index (κ1) is 11.4. The first-order chi connectivity index (χ1) is 7.70. The Kier molecular flexibility index (Phi) is 3.48. The number of hydrogen-bond donors (Lipinski definition) is 0. The van der Waals surface area contributed by atoms with E-state index in [1.54, 1.807) is 6.92 Å². The Balaban J connectivity index is 1.82. The molecule has 0 aliphatic heterocycles. The summed E-state index contributed by atoms with van der Waals surface area (Å²) < 4.78 is 9.75. The molecule has 1 atom stereocenters. The van der Waals surface area contributed by atoms with Crippen LogP contribution in [0.15, 0.2) is 4.52 Å². The van der Waals surface area contributed by atoms with E-state index in [1.807, 2.05) is 0 Å². The molecule has 0 amide bonds. The summed E-state index contributed by atoms with van der Waals surface area (Å²) in [5, 5.41) is 3.67. The minimum Gasteiger partial charge on any atom is -0.468 e. The number of carbonyl (C=O) groups excluding carboxylic acids is 1. The Morgan fingerprint density at radius 2 is 2.44 bits per heavy atom. The summed E-state index contributed by atoms with van der Waals surface area (Å²) in [5.41, 5.74) is 0. The highest BCUT2D eigenvalue weighted by molar-refractivity contribution is 7.99. The second-order valence-electron chi connectivity index (χ2n) is 3.80. The van der Waals surface area contributed by atoms with Gasteiger partial charge >= 0.3 is 5.97 Å². The minimum atomic E-state index is -0.226. The number of ether oxygens (including phenoxy) is 1. The van der Waals surface area contributed by atoms with Crippen molar-refractivity contribution in [2.75, 3.05) is 7.11 Å². The molecular weight excluding hydrogens is 228 g/mol. The van der Waals surface area contributed by atoms with Crippen molar-refractivity contribution in [3.8, 4) is 0 Å². The molecule has 0 radical (unpaired) electrons. The molecule has 0 N–H and O–H groups in total. The number of carbonyl (C=O) groups is 1. The molecule has 0 unspecified atom stereocenters. The Labute approximate surface area is 97.9 Å². The maximum Gasteiger partial charge on any atom is 0.318 e. The van der Waals surface area contributed by atoms with Crippen LogP contribution in [0.4, 0.5) is 0 Å². The molecule has 1 heterocycles. The van der Waals surface area contributed by atoms with E-state index < -0.39 is 0 Å². The van der Waals surface area contributed by atoms with Crippen molar-refractivity contribution in [1.82, 2.24) is 10.1 Å². The van der Waals surface area contributed by atoms with Crippen LogP contribution in [-0.2, 0) is 15.3 Å². The van der Waals surface area contributed by atoms with E-state index in [0.29, 0.717) is 17.5 Å². The van der Waals surface area contributed by atoms with E-state index in [-0.39, 0.29) is 11.2 Å². The number of esters is 1. The van der Waals surface area contributed by atoms with E-state index in [9.17, 15) is 4.79 Å². The summed E-state index contributed by atoms with van der Waals surface area (Å²) in [6, 6.07) is 0. The van der Waals surface area contributed by atoms with Crippen LogP contribution < -0.4 is 0 Å². The van der Waals surface area contributed by atoms with Crippen molar-refractivity contribution in [2.24, 2.45) is 0 Å². The van der Waals surface area contributed by atoms with Crippen molar-refractivity contribution >= 4 is 17.7 Å². The average Bonchev–Trinajstić information content (AvgIpc) is 3.05. The van der Waals surface area contributed by atoms with Crippen molar-refractivity contribution in [3.05, 3.63) is 11.7 Å². The lowest BCUT2D eigenvalue weighted by Crippen LogP contribution is -2.15. The molecule has 16 heavy (non-hydrogen) atoms. The van der Waals surface area contributed by atoms with E-state index >= 15 is 0 Å². The standard InChI is InChI=1S/C10H14N2O3S/c1-6(10(13)14-2)16-5-8-11-9(15-12-8)7-3-4-7/h6-7H,3-5H2,1-2H3/t6-/m0/s1. The van der Waals surface area contributed by atoms with Crippen LogP contribution >= 0.6 is 11.8 Å². The van der Waals surface area contributed by atoms with Crippen molar-refractivity contribution in [3.63, 3.8) is 0 Å². The molecule has 0 saturated heterocycles. The summed E-state index contributed by atoms with van der Waals surface area (Å²) in [4.78, 5) is 15.4. The lowest BCUT2D eigenvalue weighted by molar-refractivity contribution is -0.139. The molecule has 1 saturated carbocycles. The number of rotatable bonds is 5. The second-order valence-corrected chi connectivity index (χ2v) is 5.13. The number of hydrogen-bond acceptors (Lipinski definition) is 6. The Hall–Kier alpha value is -1.04. The largest absolute Gasteiger partial charge is 0.468 e. The van der Waals surface area contributed by atoms with Gasteiger partial charge in [-0.25, -0.2) is 0 Å². The van der Waals surface area contributed by atoms with Gasteiger partial charge in [0.2, 0.25) is 5.89 Å². The molecule has 88 valence electrons. The predicted molar refractivity (Wildman–Crippen MR) is 59.0 cm³/mol. The fourth-order valence-electron chi connectivity index (χ4n) is 1.26. The zero-order valence-corrected chi connectivity index (χ0v) is 10.1. The molecule has 1 aliphatic carbocycles. The summed E-state index contributed by atoms with van der Waals surface area (Å²) in [6.07, 6.45) is 2.29. The fraction of sp³-hybridized carbons (Fsp3) is 0.700. The predicted octanol–water partition coefficient (Wildman–Crippen LogP) is 1.74. The van der Waals surface area contributed by atoms with Crippen LogP contribution in [0.3, 0.4) is 0 Å². The number of methoxy groups -OCH3 is 1. The third-order valence-electron chi connectivity index (χ3n) is 2.41. The van der Waals surface area contributed by atoms with Crippen molar-refractivity contribution < 1.29 is 14.1 Å². The van der Waals surface area contributed by atoms with Gasteiger partial charge in [-0.15, -0.1) is 11.8 Å². The van der Waals surface area contributed by atoms with Crippen LogP contribution in [0, 0.1) is 0 Å². The first-order valence-electron chi connectivity index (χ1n) is 5.22. The smallest absolute Gasteiger partial charge is 0.318 e. The summed E-state index contributed by atoms with van der Waals surface area (Å²) >= 11 is 1.45. The summed E-state index contributed by atoms with van der Waals surface area (Å²) in [6.45, 7) is 1.80. The molecule has 0 bridgehead atoms. The monoisotopic (exact) mass is 242 g/mol. The molecule has 1 aromatic rings. The first-order valence-corrected chi connectivity index (χ1v) is 6.27. The van der Waals surface area contributed by atoms with Crippen LogP contribution in [0.1, 0.15) is 37.4 Å². The SMILES string of the molecule is COC(=O)[C@H](C)SCc1noc(C2CC2)n1. The highest BCUT2D eigenvalue weighted by Gasteiger charge is 2.29. The second kappa shape index (κ2) is 4.86. The van der Waals surface area contributed by atoms with Gasteiger partial charge in [0.25, 0.3) is 0 Å². The number of thioether (sulfide) groups is 1. The number of aromatic nitrogens is 2. The molecule has 1 aliphatic rings. The Morgan fingerprint density at radius 3 is 3.06 bits per heavy atom. The van der Waals surface area contributed by atoms with Crippen LogP contribution in [0.2, 0.25) is 0 Å². The molecular formula is C10H14N2O3S. The van der Waals surface area contributed by atoms with Gasteiger partial charge in [0, 0.05) is 5.92 Å². The topological polar surface area (TPSA) is 65.2 Å². The van der Waals surface area contributed by atoms with Crippen molar-refractivity contribution in [1.29, 1.82) is 0 Å². The van der Waals surface area contributed by atoms with Crippen LogP contribution in [-0.4, -0.2) is 28.5 Å². The highest BCUT2D eigenvalue weighted by Crippen LogP contribution is 2.39. The lowest BCUT2D eigenvalue weighted by atomic mass is 10.4. The zero-order valence-electron chi connectivity index (χ0n) is 9.30. The van der Waals surface area contributed by atoms with Gasteiger partial charge in [0.1, 0.15) is 5.25 Å². The van der Waals surface area contributed by atoms with E-state index in [2.05, 4.69) is 14.9 Å². The molecule has 6 heteroatoms. The molecule has 0 aromatic carbocycles. The lowest BCUT2D eigenvalue weighted by Gasteiger charge is -2.05. The van der Waals surface area contributed by atoms with E-state index in [1.165, 1.54) is 18.9 Å². The Morgan fingerprint density at radius 1 is 1.69 bits per heavy atom. The molecule has 5 nitrogen and oxygen atoms in total. The van der Waals surface area contributed by atoms with Gasteiger partial charge < -0.3 is 9.26 Å². The maximum atomic E-state index is 11.1. The van der Waals surface area contributed by atoms with Gasteiger partial charge in [0.05, 0.1) is 12.9 Å². The molecule has 0 spiro atoms. The van der Waals surface area contributed by atoms with E-state index in [4.69, 9.17) is 4.52 Å². The minimum absolute atomic E-state index is 0.201. The van der Waals surface area contributed by atoms with Crippen molar-refractivity contribution in [2.45, 2.75) is 36.7 Å². The third-order valence-corrected chi connectivity index (χ3v) is 3.52. The number of nitrogens with zero attached hydrogens (tertiary/aromatic N) is 2. The average molecular weight is 242 g/mol. The molecule has 2 rings (SSSR count). The molecule has 1 aromatic heterocycles. The van der Waals surface area contributed by atoms with Gasteiger partial charge in [-0.1, -0.05) is 5.16 Å². The fourth-order valence-corrected chi connectivity index (χ4v) is 2.00. The molecule has 1 fully saturated rings. The maximum absolute atomic E-state index is 11.1. The highest BCUT2D eigenvalue weighted by atomic mass is 32.2. The van der Waals surface area contributed by atoms with Gasteiger partial charge in [-0.3, -0.25) is 4.79 Å². The van der Waals surface area contributed by atoms with Gasteiger partial charge in [0.15, 0.2) is 5.82 Å². The normalized spacial score (nSPS) is 17.1. The van der Waals surface area contributed by atoms with Crippen LogP contribution in [0.25, 0.3) is 0 Å². The van der Waals surface area contributed by atoms with E-state index in [0.717, 1.165) is 18.7 Å². The summed E-state index contributed by atoms with van der Waals surface area (Å²) in [7, 11) is 1.39. The zero-order chi connectivity index (χ0) is 11.5. The summed E-state index contributed by atoms with van der Waals surface area (Å²) in [5.74, 6) is 2.22. The quantitative estimate of drug-likeness (QED) is 0.733. The van der Waals surface area contributed by atoms with Gasteiger partial charge in [-0.2, -0.15) is 4.98 Å². The van der Waals surface area contributed by atoms with Crippen LogP contribution in [0.5, 0.6) is 0 Å². The van der Waals surface area contributed by atoms with Gasteiger partial charge in [-0.05, 0) is 19.8 Å². The third kappa shape index (κ3) is 2.75.